The highest BCUT2D eigenvalue weighted by atomic mass is 32.3. The smallest absolute Gasteiger partial charge is 0.382 e. The summed E-state index contributed by atoms with van der Waals surface area (Å²) in [6.45, 7) is -1.28. The predicted molar refractivity (Wildman–Crippen MR) is 164 cm³/mol. The molecule has 0 aliphatic rings. The van der Waals surface area contributed by atoms with Crippen molar-refractivity contribution in [2.75, 3.05) is 36.2 Å². The lowest BCUT2D eigenvalue weighted by atomic mass is 10.3. The van der Waals surface area contributed by atoms with Gasteiger partial charge in [0.1, 0.15) is 22.0 Å². The third-order valence-corrected chi connectivity index (χ3v) is 10.6. The summed E-state index contributed by atoms with van der Waals surface area (Å²) < 4.78 is 126. The van der Waals surface area contributed by atoms with E-state index < -0.39 is 80.4 Å². The first-order valence-electron chi connectivity index (χ1n) is 12.3. The van der Waals surface area contributed by atoms with Crippen molar-refractivity contribution >= 4 is 86.9 Å². The average molecular weight is 774 g/mol. The molecule has 0 saturated carbocycles. The minimum absolute atomic E-state index is 0.106. The van der Waals surface area contributed by atoms with Crippen molar-refractivity contribution < 1.29 is 65.8 Å². The third kappa shape index (κ3) is 11.5. The molecule has 0 saturated heterocycles. The van der Waals surface area contributed by atoms with Crippen LogP contribution in [0.5, 0.6) is 0 Å². The van der Waals surface area contributed by atoms with E-state index in [4.69, 9.17) is 21.3 Å². The lowest BCUT2D eigenvalue weighted by Crippen LogP contribution is -2.15. The molecule has 3 aromatic rings. The van der Waals surface area contributed by atoms with Gasteiger partial charge < -0.3 is 11.5 Å². The summed E-state index contributed by atoms with van der Waals surface area (Å²) in [7, 11) is -18.0. The fourth-order valence-electron chi connectivity index (χ4n) is 3.29. The van der Waals surface area contributed by atoms with Crippen LogP contribution in [0.25, 0.3) is 0 Å². The van der Waals surface area contributed by atoms with E-state index in [1.807, 2.05) is 0 Å². The van der Waals surface area contributed by atoms with Crippen LogP contribution in [0.4, 0.5) is 34.4 Å². The zero-order valence-corrected chi connectivity index (χ0v) is 27.7. The zero-order valence-electron chi connectivity index (χ0n) is 23.6. The number of hydrogen-bond donors (Lipinski definition) is 5. The van der Waals surface area contributed by atoms with Crippen molar-refractivity contribution in [3.8, 4) is 0 Å². The second-order valence-corrected chi connectivity index (χ2v) is 15.9. The Hall–Kier alpha value is -3.74. The Morgan fingerprint density at radius 3 is 1.83 bits per heavy atom. The van der Waals surface area contributed by atoms with Crippen LogP contribution in [0.15, 0.2) is 83.7 Å². The molecule has 0 spiro atoms. The number of azo groups is 2. The first-order chi connectivity index (χ1) is 22.3. The summed E-state index contributed by atoms with van der Waals surface area (Å²) in [5, 5.41) is 26.7. The molecular weight excluding hydrogens is 751 g/mol. The highest BCUT2D eigenvalue weighted by molar-refractivity contribution is 7.92. The zero-order chi connectivity index (χ0) is 35.8. The van der Waals surface area contributed by atoms with Crippen LogP contribution in [0.1, 0.15) is 0 Å². The molecule has 48 heavy (non-hydrogen) atoms. The minimum atomic E-state index is -5.04. The summed E-state index contributed by atoms with van der Waals surface area (Å²) in [5.74, 6) is -1.92. The van der Waals surface area contributed by atoms with Crippen molar-refractivity contribution in [3.63, 3.8) is 0 Å². The number of hydrogen-bond acceptors (Lipinski definition) is 21. The Bertz CT molecular complexity index is 2130. The number of nitrogen functional groups attached to an aromatic ring is 2. The molecule has 262 valence electrons. The molecule has 0 aliphatic heterocycles. The second kappa shape index (κ2) is 16.1. The molecule has 0 aliphatic carbocycles. The largest absolute Gasteiger partial charge is 0.397 e. The lowest BCUT2D eigenvalue weighted by Gasteiger charge is -2.08. The number of rotatable bonds is 17. The molecule has 0 amide bonds. The van der Waals surface area contributed by atoms with E-state index in [0.29, 0.717) is 6.07 Å². The van der Waals surface area contributed by atoms with Gasteiger partial charge in [-0.3, -0.25) is 13.3 Å². The van der Waals surface area contributed by atoms with Crippen LogP contribution in [0, 0.1) is 0 Å². The predicted octanol–water partition coefficient (Wildman–Crippen LogP) is 2.69. The maximum atomic E-state index is 12.6. The topological polar surface area (TPSA) is 349 Å². The number of pyridine rings is 1. The standard InChI is InChI=1S/C21H23N7O15S5/c22-20-17(27-25-13-1-3-14(4-2-13)45(30,31)10-8-41-48(37,38)39)12-18(21(23)24-20)28-26-16-6-5-15(11-19(16)47(34,35)36)46(32,33)9-7-40-44-43-42-29/h1-6,11-12,29H,7-10H2,(H4,22,23,24)(H,34,35,36)(H,37,38,39)/b27-25+,28-26+. The van der Waals surface area contributed by atoms with Crippen LogP contribution in [0.3, 0.4) is 0 Å². The quantitative estimate of drug-likeness (QED) is 0.0328. The van der Waals surface area contributed by atoms with Crippen molar-refractivity contribution in [3.05, 3.63) is 48.5 Å². The number of benzene rings is 2. The van der Waals surface area contributed by atoms with E-state index in [2.05, 4.69) is 43.2 Å². The highest BCUT2D eigenvalue weighted by Gasteiger charge is 2.23. The van der Waals surface area contributed by atoms with Gasteiger partial charge in [0, 0.05) is 6.07 Å². The van der Waals surface area contributed by atoms with Gasteiger partial charge in [0.05, 0.1) is 40.2 Å². The van der Waals surface area contributed by atoms with Gasteiger partial charge >= 0.3 is 10.4 Å². The number of sulfone groups is 2. The summed E-state index contributed by atoms with van der Waals surface area (Å²) in [4.78, 5) is 2.21. The molecule has 1 heterocycles. The fraction of sp³-hybridized carbons (Fsp3) is 0.190. The SMILES string of the molecule is Nc1nc(N)c(/N=N/c2ccc(S(=O)(=O)CCOSOOO)cc2S(=O)(=O)O)cc1/N=N/c1ccc(S(=O)(=O)CCOS(=O)(=O)O)cc1. The van der Waals surface area contributed by atoms with E-state index in [1.54, 1.807) is 0 Å². The van der Waals surface area contributed by atoms with Gasteiger partial charge in [0.2, 0.25) is 0 Å². The number of nitrogens with zero attached hydrogens (tertiary/aromatic N) is 5. The number of aromatic nitrogens is 1. The van der Waals surface area contributed by atoms with Crippen LogP contribution >= 0.6 is 12.3 Å². The van der Waals surface area contributed by atoms with Crippen LogP contribution < -0.4 is 11.5 Å². The molecule has 0 radical (unpaired) electrons. The molecular formula is C21H23N7O15S5. The van der Waals surface area contributed by atoms with E-state index in [-0.39, 0.29) is 45.9 Å². The van der Waals surface area contributed by atoms with Gasteiger partial charge in [-0.1, -0.05) is 5.04 Å². The lowest BCUT2D eigenvalue weighted by molar-refractivity contribution is -0.434. The molecule has 0 atom stereocenters. The maximum absolute atomic E-state index is 12.6. The number of nitrogens with two attached hydrogens (primary N) is 2. The second-order valence-electron chi connectivity index (χ2n) is 8.72. The van der Waals surface area contributed by atoms with Crippen LogP contribution in [-0.2, 0) is 57.9 Å². The van der Waals surface area contributed by atoms with E-state index in [0.717, 1.165) is 30.3 Å². The van der Waals surface area contributed by atoms with E-state index >= 15 is 0 Å². The molecule has 2 aromatic carbocycles. The van der Waals surface area contributed by atoms with Crippen molar-refractivity contribution in [1.29, 1.82) is 0 Å². The van der Waals surface area contributed by atoms with Gasteiger partial charge in [0.15, 0.2) is 43.6 Å². The van der Waals surface area contributed by atoms with Crippen LogP contribution in [0.2, 0.25) is 0 Å². The minimum Gasteiger partial charge on any atom is -0.382 e. The Balaban J connectivity index is 1.83. The molecule has 22 nitrogen and oxygen atoms in total. The average Bonchev–Trinajstić information content (AvgIpc) is 2.99. The van der Waals surface area contributed by atoms with Crippen molar-refractivity contribution in [1.82, 2.24) is 4.98 Å². The Kier molecular flexibility index (Phi) is 13.0. The van der Waals surface area contributed by atoms with Crippen molar-refractivity contribution in [2.24, 2.45) is 20.5 Å². The van der Waals surface area contributed by atoms with Gasteiger partial charge in [0.25, 0.3) is 10.1 Å². The molecule has 3 rings (SSSR count). The van der Waals surface area contributed by atoms with Gasteiger partial charge in [-0.25, -0.2) is 31.3 Å². The summed E-state index contributed by atoms with van der Waals surface area (Å²) in [6.07, 6.45) is 0. The number of anilines is 2. The monoisotopic (exact) mass is 773 g/mol. The molecule has 1 aromatic heterocycles. The molecule has 7 N–H and O–H groups in total. The maximum Gasteiger partial charge on any atom is 0.397 e. The van der Waals surface area contributed by atoms with Gasteiger partial charge in [-0.15, -0.1) is 19.7 Å². The fourth-order valence-corrected chi connectivity index (χ4v) is 6.94. The van der Waals surface area contributed by atoms with Crippen LogP contribution in [-0.4, -0.2) is 77.7 Å². The Morgan fingerprint density at radius 2 is 1.25 bits per heavy atom. The molecule has 0 fully saturated rings. The highest BCUT2D eigenvalue weighted by Crippen LogP contribution is 2.34. The van der Waals surface area contributed by atoms with Crippen molar-refractivity contribution in [2.45, 2.75) is 14.7 Å². The Labute approximate surface area is 276 Å². The molecule has 0 unspecified atom stereocenters. The normalized spacial score (nSPS) is 13.1. The Morgan fingerprint density at radius 1 is 0.708 bits per heavy atom. The van der Waals surface area contributed by atoms with Gasteiger partial charge in [-0.2, -0.15) is 21.9 Å². The summed E-state index contributed by atoms with van der Waals surface area (Å²) in [6, 6.07) is 8.58. The first kappa shape index (κ1) is 38.7. The van der Waals surface area contributed by atoms with E-state index in [9.17, 15) is 38.2 Å². The first-order valence-corrected chi connectivity index (χ1v) is 19.0. The molecule has 27 heteroatoms. The van der Waals surface area contributed by atoms with Gasteiger partial charge in [-0.05, 0) is 42.5 Å². The third-order valence-electron chi connectivity index (χ3n) is 5.47. The summed E-state index contributed by atoms with van der Waals surface area (Å²) >= 11 is 0.133. The van der Waals surface area contributed by atoms with E-state index in [1.165, 1.54) is 12.1 Å². The molecule has 0 bridgehead atoms. The summed E-state index contributed by atoms with van der Waals surface area (Å²) in [5.41, 5.74) is 11.0.